The van der Waals surface area contributed by atoms with Gasteiger partial charge in [-0.15, -0.1) is 11.3 Å². The molecule has 2 nitrogen and oxygen atoms in total. The van der Waals surface area contributed by atoms with Crippen molar-refractivity contribution in [2.75, 3.05) is 6.54 Å². The highest BCUT2D eigenvalue weighted by molar-refractivity contribution is 9.10. The Kier molecular flexibility index (Phi) is 5.93. The lowest BCUT2D eigenvalue weighted by Gasteiger charge is -2.34. The molecule has 2 aromatic rings. The van der Waals surface area contributed by atoms with Crippen LogP contribution in [0, 0.1) is 5.82 Å². The van der Waals surface area contributed by atoms with Crippen LogP contribution in [0.4, 0.5) is 4.39 Å². The van der Waals surface area contributed by atoms with E-state index >= 15 is 0 Å². The molecule has 0 aliphatic heterocycles. The van der Waals surface area contributed by atoms with Gasteiger partial charge in [0.2, 0.25) is 0 Å². The van der Waals surface area contributed by atoms with Gasteiger partial charge in [0.25, 0.3) is 0 Å². The van der Waals surface area contributed by atoms with Crippen LogP contribution in [0.15, 0.2) is 40.2 Å². The van der Waals surface area contributed by atoms with E-state index in [0.717, 1.165) is 11.0 Å². The summed E-state index contributed by atoms with van der Waals surface area (Å²) in [5.41, 5.74) is 6.62. The summed E-state index contributed by atoms with van der Waals surface area (Å²) in [6.45, 7) is 5.40. The lowest BCUT2D eigenvalue weighted by atomic mass is 10.0. The Balaban J connectivity index is 2.33. The lowest BCUT2D eigenvalue weighted by Crippen LogP contribution is -2.38. The van der Waals surface area contributed by atoms with Crippen molar-refractivity contribution in [2.45, 2.75) is 32.5 Å². The molecule has 0 saturated carbocycles. The Morgan fingerprint density at radius 2 is 2.10 bits per heavy atom. The van der Waals surface area contributed by atoms with Crippen LogP contribution in [0.3, 0.4) is 0 Å². The molecule has 1 unspecified atom stereocenters. The molecule has 0 amide bonds. The van der Waals surface area contributed by atoms with Crippen molar-refractivity contribution in [1.82, 2.24) is 4.90 Å². The molecule has 114 valence electrons. The first-order chi connectivity index (χ1) is 10.0. The number of hydrogen-bond acceptors (Lipinski definition) is 3. The van der Waals surface area contributed by atoms with Crippen LogP contribution in [0.5, 0.6) is 0 Å². The Hall–Kier alpha value is -0.750. The summed E-state index contributed by atoms with van der Waals surface area (Å²) in [6, 6.07) is 9.32. The minimum atomic E-state index is -0.203. The average molecular weight is 371 g/mol. The summed E-state index contributed by atoms with van der Waals surface area (Å²) < 4.78 is 15.1. The molecule has 0 aliphatic carbocycles. The van der Waals surface area contributed by atoms with Gasteiger partial charge in [-0.05, 0) is 43.5 Å². The summed E-state index contributed by atoms with van der Waals surface area (Å²) >= 11 is 5.13. The molecule has 2 rings (SSSR count). The van der Waals surface area contributed by atoms with Crippen LogP contribution in [-0.4, -0.2) is 17.5 Å². The Bertz CT molecular complexity index is 572. The predicted molar refractivity (Wildman–Crippen MR) is 90.9 cm³/mol. The fourth-order valence-electron chi connectivity index (χ4n) is 2.45. The maximum Gasteiger partial charge on any atom is 0.128 e. The number of thiophene rings is 1. The van der Waals surface area contributed by atoms with Crippen LogP contribution >= 0.6 is 27.3 Å². The van der Waals surface area contributed by atoms with Crippen molar-refractivity contribution in [3.63, 3.8) is 0 Å². The maximum absolute atomic E-state index is 14.2. The van der Waals surface area contributed by atoms with Crippen molar-refractivity contribution in [3.8, 4) is 0 Å². The monoisotopic (exact) mass is 370 g/mol. The zero-order valence-electron chi connectivity index (χ0n) is 12.2. The molecule has 1 aromatic carbocycles. The van der Waals surface area contributed by atoms with Crippen molar-refractivity contribution in [1.29, 1.82) is 0 Å². The second kappa shape index (κ2) is 7.49. The van der Waals surface area contributed by atoms with Gasteiger partial charge in [0.1, 0.15) is 5.82 Å². The van der Waals surface area contributed by atoms with Gasteiger partial charge in [-0.1, -0.05) is 22.0 Å². The first-order valence-corrected chi connectivity index (χ1v) is 8.63. The second-order valence-corrected chi connectivity index (χ2v) is 7.21. The minimum absolute atomic E-state index is 0.135. The number of benzene rings is 1. The highest BCUT2D eigenvalue weighted by Crippen LogP contribution is 2.29. The number of nitrogens with zero attached hydrogens (tertiary/aromatic N) is 1. The van der Waals surface area contributed by atoms with E-state index in [1.165, 1.54) is 10.9 Å². The third-order valence-corrected chi connectivity index (χ3v) is 4.88. The normalized spacial score (nSPS) is 13.1. The first-order valence-electron chi connectivity index (χ1n) is 6.96. The van der Waals surface area contributed by atoms with E-state index in [0.29, 0.717) is 12.1 Å². The van der Waals surface area contributed by atoms with E-state index in [2.05, 4.69) is 46.1 Å². The molecule has 0 spiro atoms. The predicted octanol–water partition coefficient (Wildman–Crippen LogP) is 4.56. The standard InChI is InChI=1S/C16H20BrFN2S/c1-11(2)20(10-13-4-3-7-21-13)16(9-19)14-8-12(17)5-6-15(14)18/h3-8,11,16H,9-10,19H2,1-2H3. The minimum Gasteiger partial charge on any atom is -0.329 e. The molecular formula is C16H20BrFN2S. The molecule has 0 radical (unpaired) electrons. The van der Waals surface area contributed by atoms with Crippen LogP contribution in [0.1, 0.15) is 30.3 Å². The van der Waals surface area contributed by atoms with Crippen molar-refractivity contribution < 1.29 is 4.39 Å². The Labute approximate surface area is 137 Å². The zero-order valence-corrected chi connectivity index (χ0v) is 14.6. The number of halogens is 2. The van der Waals surface area contributed by atoms with Crippen LogP contribution in [0.25, 0.3) is 0 Å². The van der Waals surface area contributed by atoms with Crippen molar-refractivity contribution >= 4 is 27.3 Å². The molecule has 0 aliphatic rings. The van der Waals surface area contributed by atoms with Crippen molar-refractivity contribution in [3.05, 3.63) is 56.4 Å². The first kappa shape index (κ1) is 16.6. The van der Waals surface area contributed by atoms with Crippen molar-refractivity contribution in [2.24, 2.45) is 5.73 Å². The third-order valence-electron chi connectivity index (χ3n) is 3.52. The highest BCUT2D eigenvalue weighted by atomic mass is 79.9. The molecule has 1 aromatic heterocycles. The van der Waals surface area contributed by atoms with E-state index in [1.807, 2.05) is 12.1 Å². The lowest BCUT2D eigenvalue weighted by molar-refractivity contribution is 0.146. The zero-order chi connectivity index (χ0) is 15.4. The van der Waals surface area contributed by atoms with Gasteiger partial charge in [-0.3, -0.25) is 4.90 Å². The molecule has 1 heterocycles. The SMILES string of the molecule is CC(C)N(Cc1cccs1)C(CN)c1cc(Br)ccc1F. The summed E-state index contributed by atoms with van der Waals surface area (Å²) in [5.74, 6) is -0.203. The second-order valence-electron chi connectivity index (χ2n) is 5.26. The average Bonchev–Trinajstić information content (AvgIpc) is 2.95. The molecule has 21 heavy (non-hydrogen) atoms. The number of hydrogen-bond donors (Lipinski definition) is 1. The summed E-state index contributed by atoms with van der Waals surface area (Å²) in [4.78, 5) is 3.51. The van der Waals surface area contributed by atoms with Gasteiger partial charge in [-0.2, -0.15) is 0 Å². The smallest absolute Gasteiger partial charge is 0.128 e. The fourth-order valence-corrected chi connectivity index (χ4v) is 3.54. The maximum atomic E-state index is 14.2. The number of nitrogens with two attached hydrogens (primary N) is 1. The Morgan fingerprint density at radius 1 is 1.33 bits per heavy atom. The van der Waals surface area contributed by atoms with E-state index in [4.69, 9.17) is 5.73 Å². The summed E-state index contributed by atoms with van der Waals surface area (Å²) in [6.07, 6.45) is 0. The fraction of sp³-hybridized carbons (Fsp3) is 0.375. The molecule has 5 heteroatoms. The van der Waals surface area contributed by atoms with Gasteiger partial charge in [0.15, 0.2) is 0 Å². The van der Waals surface area contributed by atoms with Crippen LogP contribution in [0.2, 0.25) is 0 Å². The largest absolute Gasteiger partial charge is 0.329 e. The quantitative estimate of drug-likeness (QED) is 0.807. The topological polar surface area (TPSA) is 29.3 Å². The van der Waals surface area contributed by atoms with E-state index in [-0.39, 0.29) is 17.9 Å². The van der Waals surface area contributed by atoms with E-state index in [9.17, 15) is 4.39 Å². The van der Waals surface area contributed by atoms with Crippen LogP contribution in [-0.2, 0) is 6.54 Å². The van der Waals surface area contributed by atoms with Gasteiger partial charge in [0.05, 0.1) is 6.04 Å². The van der Waals surface area contributed by atoms with Gasteiger partial charge < -0.3 is 5.73 Å². The van der Waals surface area contributed by atoms with Gasteiger partial charge in [0, 0.05) is 34.0 Å². The molecule has 2 N–H and O–H groups in total. The molecule has 0 bridgehead atoms. The van der Waals surface area contributed by atoms with Crippen LogP contribution < -0.4 is 5.73 Å². The van der Waals surface area contributed by atoms with E-state index in [1.54, 1.807) is 17.4 Å². The molecular weight excluding hydrogens is 351 g/mol. The van der Waals surface area contributed by atoms with Gasteiger partial charge in [-0.25, -0.2) is 4.39 Å². The number of rotatable bonds is 6. The summed E-state index contributed by atoms with van der Waals surface area (Å²) in [5, 5.41) is 2.06. The van der Waals surface area contributed by atoms with E-state index < -0.39 is 0 Å². The molecule has 0 fully saturated rings. The highest BCUT2D eigenvalue weighted by Gasteiger charge is 2.25. The van der Waals surface area contributed by atoms with Gasteiger partial charge >= 0.3 is 0 Å². The Morgan fingerprint density at radius 3 is 2.67 bits per heavy atom. The molecule has 0 saturated heterocycles. The third kappa shape index (κ3) is 4.13. The summed E-state index contributed by atoms with van der Waals surface area (Å²) in [7, 11) is 0. The molecule has 1 atom stereocenters.